The molecule has 16 heteroatoms. The Labute approximate surface area is 318 Å². The largest absolute Gasteiger partial charge is 1.00 e. The first kappa shape index (κ1) is 40.7. The second kappa shape index (κ2) is 23.1. The standard InChI is InChI=1S/C12H9NO4.C6H4FNO2.C6H6O2.CH2O3.2K.H/c14-10-3-7-12(8-4-10)17-11-5-1-9(2-6-11)13(15)16;7-5-1-3-6(4-2-5)8(9)10;7-5-1-2-6(8)4-3-5;2-1-4-3;;;/h1-8,14H;1-4H;1-4,7-8H;1,3H;;;/q;;;;2*+1;-1/p-1. The first-order valence-electron chi connectivity index (χ1n) is 10.4. The van der Waals surface area contributed by atoms with Crippen molar-refractivity contribution in [3.63, 3.8) is 0 Å². The molecule has 0 aliphatic heterocycles. The van der Waals surface area contributed by atoms with E-state index in [1.165, 1.54) is 60.7 Å². The number of halogens is 1. The van der Waals surface area contributed by atoms with Crippen LogP contribution in [0.25, 0.3) is 0 Å². The minimum absolute atomic E-state index is 0. The molecular formula is C25H21FK2N2O11. The Balaban J connectivity index is -0.000000525. The van der Waals surface area contributed by atoms with Crippen molar-refractivity contribution in [2.45, 2.75) is 0 Å². The zero-order valence-electron chi connectivity index (χ0n) is 22.7. The molecule has 4 rings (SSSR count). The van der Waals surface area contributed by atoms with Crippen molar-refractivity contribution >= 4 is 17.8 Å². The Bertz CT molecular complexity index is 1300. The van der Waals surface area contributed by atoms with Gasteiger partial charge in [0.15, 0.2) is 0 Å². The van der Waals surface area contributed by atoms with Gasteiger partial charge in [-0.3, -0.25) is 25.0 Å². The van der Waals surface area contributed by atoms with Gasteiger partial charge in [0, 0.05) is 24.3 Å². The minimum atomic E-state index is -0.570. The third-order valence-corrected chi connectivity index (χ3v) is 4.05. The SMILES string of the molecule is O=CO[O-].O=[N+]([O-])c1ccc(F)cc1.O=[N+]([O-])c1ccc(Oc2ccc(O)cc2)cc1.Oc1ccc(O)cc1.[H-].[K+].[K+]. The van der Waals surface area contributed by atoms with Gasteiger partial charge in [-0.1, -0.05) is 0 Å². The number of nitrogens with zero attached hydrogens (tertiary/aromatic N) is 2. The van der Waals surface area contributed by atoms with Crippen LogP contribution in [0.3, 0.4) is 0 Å². The van der Waals surface area contributed by atoms with Crippen LogP contribution < -0.4 is 113 Å². The number of rotatable bonds is 5. The first-order chi connectivity index (χ1) is 18.5. The maximum Gasteiger partial charge on any atom is 1.00 e. The van der Waals surface area contributed by atoms with Gasteiger partial charge in [0.05, 0.1) is 9.85 Å². The van der Waals surface area contributed by atoms with E-state index < -0.39 is 15.7 Å². The Morgan fingerprint density at radius 3 is 1.20 bits per heavy atom. The minimum Gasteiger partial charge on any atom is -1.00 e. The summed E-state index contributed by atoms with van der Waals surface area (Å²) in [5, 5.41) is 55.3. The number of phenolic OH excluding ortho intramolecular Hbond substituents is 3. The van der Waals surface area contributed by atoms with Gasteiger partial charge in [-0.15, -0.1) is 0 Å². The number of hydrogen-bond acceptors (Lipinski definition) is 11. The van der Waals surface area contributed by atoms with Crippen LogP contribution in [0.4, 0.5) is 15.8 Å². The van der Waals surface area contributed by atoms with E-state index in [0.717, 1.165) is 24.3 Å². The van der Waals surface area contributed by atoms with Crippen molar-refractivity contribution in [2.24, 2.45) is 0 Å². The predicted octanol–water partition coefficient (Wildman–Crippen LogP) is -1.52. The van der Waals surface area contributed by atoms with Crippen LogP contribution in [-0.2, 0) is 9.68 Å². The fraction of sp³-hybridized carbons (Fsp3) is 0. The number of carbonyl (C=O) groups excluding carboxylic acids is 1. The van der Waals surface area contributed by atoms with Gasteiger partial charge in [-0.05, 0) is 72.8 Å². The third-order valence-electron chi connectivity index (χ3n) is 4.05. The van der Waals surface area contributed by atoms with Crippen LogP contribution in [0.5, 0.6) is 28.7 Å². The number of hydrogen-bond donors (Lipinski definition) is 3. The molecule has 0 radical (unpaired) electrons. The van der Waals surface area contributed by atoms with Crippen LogP contribution in [0.1, 0.15) is 1.43 Å². The second-order valence-electron chi connectivity index (χ2n) is 6.79. The summed E-state index contributed by atoms with van der Waals surface area (Å²) in [6.07, 6.45) is 0. The van der Waals surface area contributed by atoms with Crippen LogP contribution in [-0.4, -0.2) is 31.6 Å². The summed E-state index contributed by atoms with van der Waals surface area (Å²) in [5.41, 5.74) is -0.0792. The average Bonchev–Trinajstić information content (AvgIpc) is 2.93. The maximum atomic E-state index is 12.1. The second-order valence-corrected chi connectivity index (χ2v) is 6.79. The van der Waals surface area contributed by atoms with E-state index in [1.54, 1.807) is 12.1 Å². The van der Waals surface area contributed by atoms with Crippen molar-refractivity contribution in [2.75, 3.05) is 0 Å². The fourth-order valence-electron chi connectivity index (χ4n) is 2.30. The number of aromatic hydroxyl groups is 3. The summed E-state index contributed by atoms with van der Waals surface area (Å²) < 4.78 is 17.6. The molecule has 0 bridgehead atoms. The molecule has 0 saturated heterocycles. The number of phenols is 3. The molecule has 0 amide bonds. The monoisotopic (exact) mass is 622 g/mol. The molecule has 0 saturated carbocycles. The number of non-ortho nitro benzene ring substituents is 2. The molecule has 3 N–H and O–H groups in total. The first-order valence-corrected chi connectivity index (χ1v) is 10.4. The van der Waals surface area contributed by atoms with Crippen molar-refractivity contribution in [1.29, 1.82) is 0 Å². The average molecular weight is 623 g/mol. The molecule has 0 fully saturated rings. The van der Waals surface area contributed by atoms with Crippen molar-refractivity contribution < 1.29 is 153 Å². The van der Waals surface area contributed by atoms with Crippen LogP contribution in [0, 0.1) is 26.0 Å². The third kappa shape index (κ3) is 18.5. The van der Waals surface area contributed by atoms with Crippen molar-refractivity contribution in [3.05, 3.63) is 123 Å². The van der Waals surface area contributed by atoms with E-state index in [9.17, 15) is 24.6 Å². The van der Waals surface area contributed by atoms with E-state index in [2.05, 4.69) is 4.89 Å². The fourth-order valence-corrected chi connectivity index (χ4v) is 2.30. The molecule has 13 nitrogen and oxygen atoms in total. The normalized spacial score (nSPS) is 8.63. The van der Waals surface area contributed by atoms with Gasteiger partial charge in [0.1, 0.15) is 34.6 Å². The molecule has 4 aromatic rings. The number of benzene rings is 4. The van der Waals surface area contributed by atoms with E-state index in [0.29, 0.717) is 11.5 Å². The molecular weight excluding hydrogens is 601 g/mol. The van der Waals surface area contributed by atoms with Crippen molar-refractivity contribution in [1.82, 2.24) is 0 Å². The molecule has 41 heavy (non-hydrogen) atoms. The Kier molecular flexibility index (Phi) is 22.9. The van der Waals surface area contributed by atoms with Gasteiger partial charge in [0.25, 0.3) is 17.8 Å². The van der Waals surface area contributed by atoms with Crippen LogP contribution >= 0.6 is 0 Å². The van der Waals surface area contributed by atoms with Gasteiger partial charge in [-0.25, -0.2) is 4.39 Å². The zero-order valence-corrected chi connectivity index (χ0v) is 27.9. The van der Waals surface area contributed by atoms with Crippen LogP contribution in [0.15, 0.2) is 97.1 Å². The molecule has 0 unspecified atom stereocenters. The van der Waals surface area contributed by atoms with Gasteiger partial charge in [0.2, 0.25) is 0 Å². The van der Waals surface area contributed by atoms with E-state index in [4.69, 9.17) is 30.1 Å². The molecule has 0 aliphatic rings. The number of carbonyl (C=O) groups is 1. The van der Waals surface area contributed by atoms with Crippen molar-refractivity contribution in [3.8, 4) is 28.7 Å². The summed E-state index contributed by atoms with van der Waals surface area (Å²) in [6, 6.07) is 22.0. The van der Waals surface area contributed by atoms with Gasteiger partial charge in [-0.2, -0.15) is 0 Å². The molecule has 0 aromatic heterocycles. The molecule has 0 heterocycles. The van der Waals surface area contributed by atoms with Gasteiger partial charge < -0.3 is 31.6 Å². The Morgan fingerprint density at radius 2 is 0.902 bits per heavy atom. The number of nitro groups is 2. The van der Waals surface area contributed by atoms with E-state index >= 15 is 0 Å². The smallest absolute Gasteiger partial charge is 1.00 e. The molecule has 4 aromatic carbocycles. The maximum absolute atomic E-state index is 12.1. The quantitative estimate of drug-likeness (QED) is 0.0582. The van der Waals surface area contributed by atoms with Crippen LogP contribution in [0.2, 0.25) is 0 Å². The summed E-state index contributed by atoms with van der Waals surface area (Å²) in [7, 11) is 0. The molecule has 0 atom stereocenters. The van der Waals surface area contributed by atoms with Gasteiger partial charge >= 0.3 is 103 Å². The zero-order chi connectivity index (χ0) is 29.2. The molecule has 0 aliphatic carbocycles. The molecule has 206 valence electrons. The summed E-state index contributed by atoms with van der Waals surface area (Å²) in [6.45, 7) is -0.181. The summed E-state index contributed by atoms with van der Waals surface area (Å²) in [5.74, 6) is 1.08. The predicted molar refractivity (Wildman–Crippen MR) is 132 cm³/mol. The van der Waals surface area contributed by atoms with E-state index in [1.807, 2.05) is 0 Å². The van der Waals surface area contributed by atoms with E-state index in [-0.39, 0.29) is 139 Å². The topological polar surface area (TPSA) is 206 Å². The number of ether oxygens (including phenoxy) is 1. The Hall–Kier alpha value is -2.49. The molecule has 0 spiro atoms. The summed E-state index contributed by atoms with van der Waals surface area (Å²) >= 11 is 0. The summed E-state index contributed by atoms with van der Waals surface area (Å²) in [4.78, 5) is 30.7. The number of nitro benzene ring substituents is 2. The Morgan fingerprint density at radius 1 is 0.634 bits per heavy atom.